The average Bonchev–Trinajstić information content (AvgIpc) is 2.46. The molecule has 0 spiro atoms. The molecule has 0 aromatic heterocycles. The highest BCUT2D eigenvalue weighted by Gasteiger charge is 2.18. The standard InChI is InChI=1S/C15H21N3O3/c1-11(16)9-14(19)17-13-4-2-3-12(10-13)15(20)18-5-7-21-8-6-18/h2-4,10-11H,5-9,16H2,1H3,(H,17,19). The SMILES string of the molecule is CC(N)CC(=O)Nc1cccc(C(=O)N2CCOCC2)c1. The van der Waals surface area contributed by atoms with Crippen molar-refractivity contribution in [3.63, 3.8) is 0 Å². The van der Waals surface area contributed by atoms with Gasteiger partial charge in [-0.2, -0.15) is 0 Å². The summed E-state index contributed by atoms with van der Waals surface area (Å²) < 4.78 is 5.24. The van der Waals surface area contributed by atoms with Crippen LogP contribution in [-0.2, 0) is 9.53 Å². The number of nitrogens with two attached hydrogens (primary N) is 1. The Bertz CT molecular complexity index is 511. The number of rotatable bonds is 4. The van der Waals surface area contributed by atoms with Gasteiger partial charge in [0, 0.05) is 36.8 Å². The van der Waals surface area contributed by atoms with Crippen LogP contribution in [0.3, 0.4) is 0 Å². The summed E-state index contributed by atoms with van der Waals surface area (Å²) in [6, 6.07) is 6.77. The topological polar surface area (TPSA) is 84.7 Å². The lowest BCUT2D eigenvalue weighted by molar-refractivity contribution is -0.116. The zero-order chi connectivity index (χ0) is 15.2. The second-order valence-corrected chi connectivity index (χ2v) is 5.21. The number of benzene rings is 1. The molecule has 1 aliphatic heterocycles. The molecule has 0 saturated carbocycles. The number of amides is 2. The highest BCUT2D eigenvalue weighted by Crippen LogP contribution is 2.14. The molecule has 1 unspecified atom stereocenters. The fourth-order valence-corrected chi connectivity index (χ4v) is 2.18. The highest BCUT2D eigenvalue weighted by molar-refractivity contribution is 5.97. The molecule has 6 heteroatoms. The van der Waals surface area contributed by atoms with Gasteiger partial charge in [-0.3, -0.25) is 9.59 Å². The van der Waals surface area contributed by atoms with Crippen LogP contribution < -0.4 is 11.1 Å². The number of hydrogen-bond acceptors (Lipinski definition) is 4. The van der Waals surface area contributed by atoms with Gasteiger partial charge in [-0.05, 0) is 25.1 Å². The summed E-state index contributed by atoms with van der Waals surface area (Å²) >= 11 is 0. The van der Waals surface area contributed by atoms with Crippen LogP contribution in [-0.4, -0.2) is 49.1 Å². The molecule has 2 rings (SSSR count). The summed E-state index contributed by atoms with van der Waals surface area (Å²) in [4.78, 5) is 25.8. The van der Waals surface area contributed by atoms with E-state index in [1.54, 1.807) is 36.1 Å². The molecule has 0 aliphatic carbocycles. The van der Waals surface area contributed by atoms with Gasteiger partial charge in [-0.25, -0.2) is 0 Å². The van der Waals surface area contributed by atoms with Crippen LogP contribution in [0, 0.1) is 0 Å². The van der Waals surface area contributed by atoms with Gasteiger partial charge in [0.25, 0.3) is 5.91 Å². The molecule has 1 saturated heterocycles. The van der Waals surface area contributed by atoms with Gasteiger partial charge in [-0.15, -0.1) is 0 Å². The Hall–Kier alpha value is -1.92. The monoisotopic (exact) mass is 291 g/mol. The number of anilines is 1. The van der Waals surface area contributed by atoms with Crippen molar-refractivity contribution < 1.29 is 14.3 Å². The largest absolute Gasteiger partial charge is 0.378 e. The Morgan fingerprint density at radius 2 is 2.10 bits per heavy atom. The van der Waals surface area contributed by atoms with Crippen LogP contribution in [0.4, 0.5) is 5.69 Å². The minimum atomic E-state index is -0.192. The summed E-state index contributed by atoms with van der Waals surface area (Å²) in [5, 5.41) is 2.76. The lowest BCUT2D eigenvalue weighted by Gasteiger charge is -2.27. The molecule has 1 atom stereocenters. The normalized spacial score (nSPS) is 16.4. The summed E-state index contributed by atoms with van der Waals surface area (Å²) in [7, 11) is 0. The molecular formula is C15H21N3O3. The number of hydrogen-bond donors (Lipinski definition) is 2. The molecule has 1 heterocycles. The van der Waals surface area contributed by atoms with Crippen molar-refractivity contribution >= 4 is 17.5 Å². The van der Waals surface area contributed by atoms with E-state index in [-0.39, 0.29) is 24.3 Å². The number of ether oxygens (including phenoxy) is 1. The van der Waals surface area contributed by atoms with Crippen molar-refractivity contribution in [1.29, 1.82) is 0 Å². The lowest BCUT2D eigenvalue weighted by atomic mass is 10.1. The predicted molar refractivity (Wildman–Crippen MR) is 80.1 cm³/mol. The number of carbonyl (C=O) groups excluding carboxylic acids is 2. The first kappa shape index (κ1) is 15.5. The molecule has 2 amide bonds. The Balaban J connectivity index is 2.03. The zero-order valence-corrected chi connectivity index (χ0v) is 12.2. The zero-order valence-electron chi connectivity index (χ0n) is 12.2. The van der Waals surface area contributed by atoms with Gasteiger partial charge in [-0.1, -0.05) is 6.07 Å². The van der Waals surface area contributed by atoms with E-state index in [0.717, 1.165) is 0 Å². The maximum atomic E-state index is 12.4. The summed E-state index contributed by atoms with van der Waals surface area (Å²) in [6.07, 6.45) is 0.252. The van der Waals surface area contributed by atoms with Crippen molar-refractivity contribution in [1.82, 2.24) is 4.90 Å². The van der Waals surface area contributed by atoms with E-state index in [9.17, 15) is 9.59 Å². The first-order chi connectivity index (χ1) is 10.1. The third-order valence-corrected chi connectivity index (χ3v) is 3.20. The van der Waals surface area contributed by atoms with Crippen molar-refractivity contribution in [2.45, 2.75) is 19.4 Å². The molecule has 0 radical (unpaired) electrons. The molecule has 1 aliphatic rings. The Kier molecular flexibility index (Phi) is 5.30. The van der Waals surface area contributed by atoms with Crippen LogP contribution in [0.25, 0.3) is 0 Å². The van der Waals surface area contributed by atoms with E-state index in [2.05, 4.69) is 5.32 Å². The van der Waals surface area contributed by atoms with Crippen LogP contribution >= 0.6 is 0 Å². The van der Waals surface area contributed by atoms with Crippen LogP contribution in [0.15, 0.2) is 24.3 Å². The number of carbonyl (C=O) groups is 2. The first-order valence-corrected chi connectivity index (χ1v) is 7.09. The molecule has 0 bridgehead atoms. The van der Waals surface area contributed by atoms with E-state index in [0.29, 0.717) is 37.6 Å². The molecule has 21 heavy (non-hydrogen) atoms. The maximum absolute atomic E-state index is 12.4. The molecule has 3 N–H and O–H groups in total. The van der Waals surface area contributed by atoms with Crippen molar-refractivity contribution in [2.24, 2.45) is 5.73 Å². The second-order valence-electron chi connectivity index (χ2n) is 5.21. The highest BCUT2D eigenvalue weighted by atomic mass is 16.5. The predicted octanol–water partition coefficient (Wildman–Crippen LogP) is 0.835. The van der Waals surface area contributed by atoms with E-state index in [1.165, 1.54) is 0 Å². The van der Waals surface area contributed by atoms with Gasteiger partial charge in [0.05, 0.1) is 13.2 Å². The van der Waals surface area contributed by atoms with Gasteiger partial charge >= 0.3 is 0 Å². The smallest absolute Gasteiger partial charge is 0.254 e. The van der Waals surface area contributed by atoms with Gasteiger partial charge in [0.15, 0.2) is 0 Å². The van der Waals surface area contributed by atoms with Crippen molar-refractivity contribution in [2.75, 3.05) is 31.6 Å². The molecule has 6 nitrogen and oxygen atoms in total. The number of nitrogens with one attached hydrogen (secondary N) is 1. The third kappa shape index (κ3) is 4.54. The maximum Gasteiger partial charge on any atom is 0.254 e. The summed E-state index contributed by atoms with van der Waals surface area (Å²) in [5.74, 6) is -0.192. The van der Waals surface area contributed by atoms with E-state index in [1.807, 2.05) is 0 Å². The minimum Gasteiger partial charge on any atom is -0.378 e. The summed E-state index contributed by atoms with van der Waals surface area (Å²) in [6.45, 7) is 4.10. The lowest BCUT2D eigenvalue weighted by Crippen LogP contribution is -2.40. The van der Waals surface area contributed by atoms with E-state index in [4.69, 9.17) is 10.5 Å². The molecule has 114 valence electrons. The Morgan fingerprint density at radius 3 is 2.76 bits per heavy atom. The van der Waals surface area contributed by atoms with Gasteiger partial charge < -0.3 is 20.7 Å². The molecule has 1 fully saturated rings. The van der Waals surface area contributed by atoms with Gasteiger partial charge in [0.1, 0.15) is 0 Å². The Morgan fingerprint density at radius 1 is 1.38 bits per heavy atom. The van der Waals surface area contributed by atoms with Crippen LogP contribution in [0.2, 0.25) is 0 Å². The van der Waals surface area contributed by atoms with Crippen molar-refractivity contribution in [3.05, 3.63) is 29.8 Å². The van der Waals surface area contributed by atoms with Crippen LogP contribution in [0.1, 0.15) is 23.7 Å². The second kappa shape index (κ2) is 7.19. The molecular weight excluding hydrogens is 270 g/mol. The third-order valence-electron chi connectivity index (χ3n) is 3.20. The number of nitrogens with zero attached hydrogens (tertiary/aromatic N) is 1. The van der Waals surface area contributed by atoms with E-state index < -0.39 is 0 Å². The fourth-order valence-electron chi connectivity index (χ4n) is 2.18. The quantitative estimate of drug-likeness (QED) is 0.860. The first-order valence-electron chi connectivity index (χ1n) is 7.09. The average molecular weight is 291 g/mol. The summed E-state index contributed by atoms with van der Waals surface area (Å²) in [5.41, 5.74) is 6.77. The molecule has 1 aromatic carbocycles. The Labute approximate surface area is 124 Å². The molecule has 1 aromatic rings. The van der Waals surface area contributed by atoms with Gasteiger partial charge in [0.2, 0.25) is 5.91 Å². The van der Waals surface area contributed by atoms with E-state index >= 15 is 0 Å². The number of morpholine rings is 1. The van der Waals surface area contributed by atoms with Crippen LogP contribution in [0.5, 0.6) is 0 Å². The fraction of sp³-hybridized carbons (Fsp3) is 0.467. The minimum absolute atomic E-state index is 0.0402. The van der Waals surface area contributed by atoms with Crippen molar-refractivity contribution in [3.8, 4) is 0 Å².